The molecule has 0 aliphatic heterocycles. The first-order valence-electron chi connectivity index (χ1n) is 4.94. The molecule has 0 aliphatic rings. The Bertz CT molecular complexity index is 260. The van der Waals surface area contributed by atoms with Crippen molar-refractivity contribution >= 4 is 24.4 Å². The van der Waals surface area contributed by atoms with E-state index in [0.29, 0.717) is 0 Å². The van der Waals surface area contributed by atoms with Gasteiger partial charge in [-0.15, -0.1) is 11.8 Å². The largest absolute Gasteiger partial charge is 0.275 e. The molecule has 1 aromatic heterocycles. The topological polar surface area (TPSA) is 17.8 Å². The van der Waals surface area contributed by atoms with E-state index in [1.165, 1.54) is 23.5 Å². The van der Waals surface area contributed by atoms with Crippen LogP contribution < -0.4 is 0 Å². The van der Waals surface area contributed by atoms with Crippen LogP contribution in [0.5, 0.6) is 0 Å². The van der Waals surface area contributed by atoms with Gasteiger partial charge in [-0.25, -0.2) is 0 Å². The Morgan fingerprint density at radius 1 is 1.57 bits per heavy atom. The Balaban J connectivity index is 2.15. The predicted octanol–water partition coefficient (Wildman–Crippen LogP) is 2.86. The molecule has 0 amide bonds. The van der Waals surface area contributed by atoms with Gasteiger partial charge < -0.3 is 0 Å². The predicted molar refractivity (Wildman–Crippen MR) is 66.2 cm³/mol. The van der Waals surface area contributed by atoms with E-state index in [2.05, 4.69) is 30.8 Å². The van der Waals surface area contributed by atoms with Crippen LogP contribution in [-0.2, 0) is 7.05 Å². The van der Waals surface area contributed by atoms with Gasteiger partial charge in [-0.2, -0.15) is 17.7 Å². The fraction of sp³-hybridized carbons (Fsp3) is 0.700. The van der Waals surface area contributed by atoms with Crippen LogP contribution in [0.4, 0.5) is 0 Å². The van der Waals surface area contributed by atoms with Crippen molar-refractivity contribution in [3.63, 3.8) is 0 Å². The minimum Gasteiger partial charge on any atom is -0.275 e. The Labute approximate surface area is 95.9 Å². The molecule has 0 spiro atoms. The van der Waals surface area contributed by atoms with Gasteiger partial charge in [0.25, 0.3) is 0 Å². The van der Waals surface area contributed by atoms with Crippen LogP contribution in [0.15, 0.2) is 17.3 Å². The summed E-state index contributed by atoms with van der Waals surface area (Å²) < 4.78 is 1.85. The highest BCUT2D eigenvalue weighted by Gasteiger charge is 2.02. The van der Waals surface area contributed by atoms with Gasteiger partial charge in [0.05, 0.1) is 6.20 Å². The van der Waals surface area contributed by atoms with Crippen LogP contribution in [0.25, 0.3) is 0 Å². The molecule has 0 saturated carbocycles. The quantitative estimate of drug-likeness (QED) is 0.598. The average molecular weight is 230 g/mol. The highest BCUT2D eigenvalue weighted by molar-refractivity contribution is 7.99. The Morgan fingerprint density at radius 2 is 2.36 bits per heavy atom. The Kier molecular flexibility index (Phi) is 5.48. The maximum atomic E-state index is 4.24. The molecule has 1 unspecified atom stereocenters. The number of hydrogen-bond donors (Lipinski definition) is 1. The van der Waals surface area contributed by atoms with E-state index in [9.17, 15) is 0 Å². The third-order valence-corrected chi connectivity index (χ3v) is 3.42. The maximum Gasteiger partial charge on any atom is 0.0625 e. The van der Waals surface area contributed by atoms with Crippen LogP contribution in [0.1, 0.15) is 19.8 Å². The molecule has 0 aliphatic carbocycles. The van der Waals surface area contributed by atoms with Gasteiger partial charge in [-0.1, -0.05) is 6.92 Å². The van der Waals surface area contributed by atoms with Crippen molar-refractivity contribution in [2.45, 2.75) is 24.7 Å². The highest BCUT2D eigenvalue weighted by Crippen LogP contribution is 2.20. The van der Waals surface area contributed by atoms with Crippen molar-refractivity contribution in [2.24, 2.45) is 13.0 Å². The van der Waals surface area contributed by atoms with Crippen LogP contribution >= 0.6 is 24.4 Å². The van der Waals surface area contributed by atoms with Crippen LogP contribution in [0.2, 0.25) is 0 Å². The van der Waals surface area contributed by atoms with Gasteiger partial charge in [-0.05, 0) is 30.3 Å². The molecule has 0 fully saturated rings. The lowest BCUT2D eigenvalue weighted by molar-refractivity contribution is 0.554. The van der Waals surface area contributed by atoms with Gasteiger partial charge in [0, 0.05) is 18.1 Å². The standard InChI is InChI=1S/C10H18N2S2/c1-9(3-5-13)4-6-14-10-7-11-12(2)8-10/h7-9,13H,3-6H2,1-2H3. The van der Waals surface area contributed by atoms with Crippen molar-refractivity contribution < 1.29 is 0 Å². The second-order valence-electron chi connectivity index (χ2n) is 3.60. The zero-order valence-electron chi connectivity index (χ0n) is 8.81. The Hall–Kier alpha value is -0.0900. The van der Waals surface area contributed by atoms with Gasteiger partial charge in [0.15, 0.2) is 0 Å². The normalized spacial score (nSPS) is 13.1. The lowest BCUT2D eigenvalue weighted by atomic mass is 10.1. The van der Waals surface area contributed by atoms with Gasteiger partial charge in [0.1, 0.15) is 0 Å². The Morgan fingerprint density at radius 3 is 2.93 bits per heavy atom. The fourth-order valence-corrected chi connectivity index (χ4v) is 2.76. The molecule has 4 heteroatoms. The summed E-state index contributed by atoms with van der Waals surface area (Å²) in [5.74, 6) is 2.97. The molecule has 1 heterocycles. The molecule has 1 atom stereocenters. The smallest absolute Gasteiger partial charge is 0.0625 e. The number of nitrogens with zero attached hydrogens (tertiary/aromatic N) is 2. The fourth-order valence-electron chi connectivity index (χ4n) is 1.22. The van der Waals surface area contributed by atoms with Crippen LogP contribution in [-0.4, -0.2) is 21.3 Å². The first-order valence-corrected chi connectivity index (χ1v) is 6.56. The molecule has 2 nitrogen and oxygen atoms in total. The zero-order valence-corrected chi connectivity index (χ0v) is 10.5. The highest BCUT2D eigenvalue weighted by atomic mass is 32.2. The molecule has 80 valence electrons. The summed E-state index contributed by atoms with van der Waals surface area (Å²) >= 11 is 6.12. The minimum atomic E-state index is 0.789. The van der Waals surface area contributed by atoms with E-state index < -0.39 is 0 Å². The van der Waals surface area contributed by atoms with E-state index >= 15 is 0 Å². The van der Waals surface area contributed by atoms with E-state index in [0.717, 1.165) is 11.7 Å². The van der Waals surface area contributed by atoms with E-state index in [1.807, 2.05) is 29.7 Å². The van der Waals surface area contributed by atoms with Gasteiger partial charge in [-0.3, -0.25) is 4.68 Å². The SMILES string of the molecule is CC(CCS)CCSc1cnn(C)c1. The van der Waals surface area contributed by atoms with Crippen LogP contribution in [0.3, 0.4) is 0 Å². The number of thiol groups is 1. The molecule has 0 N–H and O–H groups in total. The number of rotatable bonds is 6. The maximum absolute atomic E-state index is 4.24. The minimum absolute atomic E-state index is 0.789. The van der Waals surface area contributed by atoms with E-state index in [-0.39, 0.29) is 0 Å². The van der Waals surface area contributed by atoms with Crippen molar-refractivity contribution in [2.75, 3.05) is 11.5 Å². The molecule has 0 saturated heterocycles. The lowest BCUT2D eigenvalue weighted by Crippen LogP contribution is -1.96. The molecule has 0 aromatic carbocycles. The number of aryl methyl sites for hydroxylation is 1. The lowest BCUT2D eigenvalue weighted by Gasteiger charge is -2.07. The monoisotopic (exact) mass is 230 g/mol. The first-order chi connectivity index (χ1) is 6.72. The summed E-state index contributed by atoms with van der Waals surface area (Å²) in [6.07, 6.45) is 6.47. The average Bonchev–Trinajstić information content (AvgIpc) is 2.52. The summed E-state index contributed by atoms with van der Waals surface area (Å²) in [5.41, 5.74) is 0. The van der Waals surface area contributed by atoms with Crippen molar-refractivity contribution in [3.8, 4) is 0 Å². The van der Waals surface area contributed by atoms with Crippen LogP contribution in [0, 0.1) is 5.92 Å². The molecule has 1 aromatic rings. The second-order valence-corrected chi connectivity index (χ2v) is 5.22. The second kappa shape index (κ2) is 6.40. The van der Waals surface area contributed by atoms with E-state index in [4.69, 9.17) is 0 Å². The summed E-state index contributed by atoms with van der Waals surface area (Å²) in [5, 5.41) is 4.13. The molecule has 0 radical (unpaired) electrons. The number of thioether (sulfide) groups is 1. The third-order valence-electron chi connectivity index (χ3n) is 2.18. The van der Waals surface area contributed by atoms with Crippen molar-refractivity contribution in [1.82, 2.24) is 9.78 Å². The van der Waals surface area contributed by atoms with Crippen molar-refractivity contribution in [3.05, 3.63) is 12.4 Å². The van der Waals surface area contributed by atoms with Crippen molar-refractivity contribution in [1.29, 1.82) is 0 Å². The summed E-state index contributed by atoms with van der Waals surface area (Å²) in [6, 6.07) is 0. The third kappa shape index (κ3) is 4.42. The number of hydrogen-bond acceptors (Lipinski definition) is 3. The van der Waals surface area contributed by atoms with E-state index in [1.54, 1.807) is 0 Å². The van der Waals surface area contributed by atoms with Gasteiger partial charge in [0.2, 0.25) is 0 Å². The molecular weight excluding hydrogens is 212 g/mol. The molecule has 1 rings (SSSR count). The molecule has 14 heavy (non-hydrogen) atoms. The molecule has 0 bridgehead atoms. The first kappa shape index (κ1) is 12.0. The summed E-state index contributed by atoms with van der Waals surface area (Å²) in [7, 11) is 1.95. The van der Waals surface area contributed by atoms with Gasteiger partial charge >= 0.3 is 0 Å². The summed E-state index contributed by atoms with van der Waals surface area (Å²) in [6.45, 7) is 2.29. The molecular formula is C10H18N2S2. The number of aromatic nitrogens is 2. The summed E-state index contributed by atoms with van der Waals surface area (Å²) in [4.78, 5) is 1.27. The zero-order chi connectivity index (χ0) is 10.4.